The van der Waals surface area contributed by atoms with Crippen molar-refractivity contribution < 1.29 is 0 Å². The summed E-state index contributed by atoms with van der Waals surface area (Å²) in [6, 6.07) is 0.443. The molecule has 0 saturated carbocycles. The molecule has 1 unspecified atom stereocenters. The van der Waals surface area contributed by atoms with Crippen LogP contribution in [-0.2, 0) is 0 Å². The van der Waals surface area contributed by atoms with Gasteiger partial charge in [-0.15, -0.1) is 11.3 Å². The van der Waals surface area contributed by atoms with E-state index in [1.165, 1.54) is 10.6 Å². The van der Waals surface area contributed by atoms with Crippen molar-refractivity contribution in [1.82, 2.24) is 10.3 Å². The highest BCUT2D eigenvalue weighted by Gasteiger charge is 2.06. The van der Waals surface area contributed by atoms with Gasteiger partial charge in [0.2, 0.25) is 0 Å². The zero-order valence-electron chi connectivity index (χ0n) is 8.33. The fourth-order valence-electron chi connectivity index (χ4n) is 1.06. The highest BCUT2D eigenvalue weighted by atomic mass is 32.2. The number of aryl methyl sites for hydroxylation is 1. The molecule has 0 aliphatic heterocycles. The van der Waals surface area contributed by atoms with Crippen molar-refractivity contribution in [3.05, 3.63) is 16.1 Å². The normalized spacial score (nSPS) is 13.2. The Balaban J connectivity index is 2.35. The van der Waals surface area contributed by atoms with Crippen LogP contribution in [0.5, 0.6) is 0 Å². The summed E-state index contributed by atoms with van der Waals surface area (Å²) in [5.41, 5.74) is 0. The summed E-state index contributed by atoms with van der Waals surface area (Å²) < 4.78 is 0. The quantitative estimate of drug-likeness (QED) is 0.765. The van der Waals surface area contributed by atoms with Crippen LogP contribution in [0.4, 0.5) is 0 Å². The maximum absolute atomic E-state index is 4.24. The van der Waals surface area contributed by atoms with Crippen LogP contribution in [0, 0.1) is 6.92 Å². The lowest BCUT2D eigenvalue weighted by Crippen LogP contribution is -2.20. The molecule has 0 bridgehead atoms. The molecule has 1 aromatic rings. The lowest BCUT2D eigenvalue weighted by atomic mass is 10.3. The van der Waals surface area contributed by atoms with Crippen molar-refractivity contribution in [1.29, 1.82) is 0 Å². The van der Waals surface area contributed by atoms with E-state index < -0.39 is 0 Å². The van der Waals surface area contributed by atoms with Crippen molar-refractivity contribution in [2.24, 2.45) is 0 Å². The highest BCUT2D eigenvalue weighted by molar-refractivity contribution is 7.98. The van der Waals surface area contributed by atoms with E-state index in [1.807, 2.05) is 24.9 Å². The molecule has 0 fully saturated rings. The van der Waals surface area contributed by atoms with Crippen LogP contribution in [0.1, 0.15) is 22.9 Å². The monoisotopic (exact) mass is 216 g/mol. The Labute approximate surface area is 88.2 Å². The summed E-state index contributed by atoms with van der Waals surface area (Å²) in [4.78, 5) is 5.57. The molecule has 0 aromatic carbocycles. The summed E-state index contributed by atoms with van der Waals surface area (Å²) in [5, 5.41) is 4.61. The average molecular weight is 216 g/mol. The lowest BCUT2D eigenvalue weighted by molar-refractivity contribution is 0.609. The van der Waals surface area contributed by atoms with E-state index in [0.29, 0.717) is 6.04 Å². The fourth-order valence-corrected chi connectivity index (χ4v) is 2.19. The standard InChI is InChI=1S/C9H16N2S2/c1-7(10-4-5-12-3)9-6-11-8(2)13-9/h6-7,10H,4-5H2,1-3H3. The van der Waals surface area contributed by atoms with Crippen LogP contribution in [0.15, 0.2) is 6.20 Å². The van der Waals surface area contributed by atoms with Gasteiger partial charge in [0.25, 0.3) is 0 Å². The van der Waals surface area contributed by atoms with Crippen LogP contribution in [-0.4, -0.2) is 23.5 Å². The maximum atomic E-state index is 4.24. The number of aromatic nitrogens is 1. The molecule has 1 aromatic heterocycles. The van der Waals surface area contributed by atoms with E-state index in [2.05, 4.69) is 23.5 Å². The molecule has 4 heteroatoms. The van der Waals surface area contributed by atoms with Crippen molar-refractivity contribution in [2.75, 3.05) is 18.6 Å². The smallest absolute Gasteiger partial charge is 0.0897 e. The van der Waals surface area contributed by atoms with Gasteiger partial charge in [0.05, 0.1) is 5.01 Å². The summed E-state index contributed by atoms with van der Waals surface area (Å²) >= 11 is 3.64. The van der Waals surface area contributed by atoms with Crippen LogP contribution in [0.3, 0.4) is 0 Å². The molecule has 1 rings (SSSR count). The minimum atomic E-state index is 0.443. The van der Waals surface area contributed by atoms with E-state index in [0.717, 1.165) is 11.6 Å². The number of thiazole rings is 1. The second-order valence-electron chi connectivity index (χ2n) is 2.95. The SMILES string of the molecule is CSCCNC(C)c1cnc(C)s1. The van der Waals surface area contributed by atoms with Gasteiger partial charge in [0.1, 0.15) is 0 Å². The third kappa shape index (κ3) is 3.67. The van der Waals surface area contributed by atoms with E-state index in [4.69, 9.17) is 0 Å². The van der Waals surface area contributed by atoms with Gasteiger partial charge in [-0.1, -0.05) is 0 Å². The van der Waals surface area contributed by atoms with Gasteiger partial charge < -0.3 is 5.32 Å². The largest absolute Gasteiger partial charge is 0.309 e. The first-order chi connectivity index (χ1) is 6.24. The number of rotatable bonds is 5. The number of hydrogen-bond acceptors (Lipinski definition) is 4. The van der Waals surface area contributed by atoms with Crippen LogP contribution >= 0.6 is 23.1 Å². The fraction of sp³-hybridized carbons (Fsp3) is 0.667. The lowest BCUT2D eigenvalue weighted by Gasteiger charge is -2.10. The molecule has 0 aliphatic rings. The minimum absolute atomic E-state index is 0.443. The van der Waals surface area contributed by atoms with Gasteiger partial charge in [-0.25, -0.2) is 4.98 Å². The van der Waals surface area contributed by atoms with Gasteiger partial charge in [0.15, 0.2) is 0 Å². The average Bonchev–Trinajstić information content (AvgIpc) is 2.52. The molecule has 2 nitrogen and oxygen atoms in total. The molecule has 0 radical (unpaired) electrons. The number of hydrogen-bond donors (Lipinski definition) is 1. The molecule has 13 heavy (non-hydrogen) atoms. The van der Waals surface area contributed by atoms with Crippen LogP contribution < -0.4 is 5.32 Å². The van der Waals surface area contributed by atoms with Gasteiger partial charge in [-0.05, 0) is 20.1 Å². The zero-order chi connectivity index (χ0) is 9.68. The van der Waals surface area contributed by atoms with Crippen LogP contribution in [0.25, 0.3) is 0 Å². The maximum Gasteiger partial charge on any atom is 0.0897 e. The van der Waals surface area contributed by atoms with E-state index in [-0.39, 0.29) is 0 Å². The number of nitrogens with zero attached hydrogens (tertiary/aromatic N) is 1. The van der Waals surface area contributed by atoms with E-state index in [1.54, 1.807) is 11.3 Å². The van der Waals surface area contributed by atoms with Gasteiger partial charge in [-0.2, -0.15) is 11.8 Å². The molecule has 0 spiro atoms. The molecule has 0 aliphatic carbocycles. The van der Waals surface area contributed by atoms with Crippen molar-refractivity contribution in [3.63, 3.8) is 0 Å². The Hall–Kier alpha value is -0.0600. The topological polar surface area (TPSA) is 24.9 Å². The molecule has 74 valence electrons. The third-order valence-corrected chi connectivity index (χ3v) is 3.53. The molecular weight excluding hydrogens is 200 g/mol. The molecule has 1 heterocycles. The summed E-state index contributed by atoms with van der Waals surface area (Å²) in [6.07, 6.45) is 4.10. The summed E-state index contributed by atoms with van der Waals surface area (Å²) in [7, 11) is 0. The van der Waals surface area contributed by atoms with Crippen molar-refractivity contribution >= 4 is 23.1 Å². The first-order valence-corrected chi connectivity index (χ1v) is 6.59. The van der Waals surface area contributed by atoms with E-state index >= 15 is 0 Å². The predicted octanol–water partition coefficient (Wildman–Crippen LogP) is 2.47. The van der Waals surface area contributed by atoms with Gasteiger partial charge >= 0.3 is 0 Å². The first kappa shape index (κ1) is 11.0. The second kappa shape index (κ2) is 5.62. The summed E-state index contributed by atoms with van der Waals surface area (Å²) in [5.74, 6) is 1.17. The number of nitrogens with one attached hydrogen (secondary N) is 1. The Kier molecular flexibility index (Phi) is 4.77. The first-order valence-electron chi connectivity index (χ1n) is 4.38. The molecular formula is C9H16N2S2. The Morgan fingerprint density at radius 1 is 1.69 bits per heavy atom. The number of thioether (sulfide) groups is 1. The van der Waals surface area contributed by atoms with Gasteiger partial charge in [0, 0.05) is 29.4 Å². The van der Waals surface area contributed by atoms with Crippen molar-refractivity contribution in [3.8, 4) is 0 Å². The Morgan fingerprint density at radius 2 is 2.46 bits per heavy atom. The third-order valence-electron chi connectivity index (χ3n) is 1.82. The molecule has 0 amide bonds. The van der Waals surface area contributed by atoms with Gasteiger partial charge in [-0.3, -0.25) is 0 Å². The summed E-state index contributed by atoms with van der Waals surface area (Å²) in [6.45, 7) is 5.30. The molecule has 1 atom stereocenters. The Morgan fingerprint density at radius 3 is 3.00 bits per heavy atom. The second-order valence-corrected chi connectivity index (χ2v) is 5.20. The minimum Gasteiger partial charge on any atom is -0.309 e. The van der Waals surface area contributed by atoms with Crippen molar-refractivity contribution in [2.45, 2.75) is 19.9 Å². The zero-order valence-corrected chi connectivity index (χ0v) is 9.97. The van der Waals surface area contributed by atoms with E-state index in [9.17, 15) is 0 Å². The predicted molar refractivity (Wildman–Crippen MR) is 61.7 cm³/mol. The molecule has 1 N–H and O–H groups in total. The molecule has 0 saturated heterocycles. The highest BCUT2D eigenvalue weighted by Crippen LogP contribution is 2.19. The Bertz CT molecular complexity index is 248. The van der Waals surface area contributed by atoms with Crippen LogP contribution in [0.2, 0.25) is 0 Å².